The van der Waals surface area contributed by atoms with Crippen LogP contribution >= 0.6 is 15.9 Å². The third kappa shape index (κ3) is 3.47. The van der Waals surface area contributed by atoms with E-state index in [9.17, 15) is 4.79 Å². The Bertz CT molecular complexity index is 345. The van der Waals surface area contributed by atoms with Crippen molar-refractivity contribution in [1.82, 2.24) is 15.3 Å². The molecule has 15 heavy (non-hydrogen) atoms. The predicted molar refractivity (Wildman–Crippen MR) is 61.7 cm³/mol. The van der Waals surface area contributed by atoms with Crippen molar-refractivity contribution in [2.45, 2.75) is 6.92 Å². The number of nitrogens with zero attached hydrogens (tertiary/aromatic N) is 3. The predicted octanol–water partition coefficient (Wildman–Crippen LogP) is 0.811. The van der Waals surface area contributed by atoms with Crippen molar-refractivity contribution in [3.05, 3.63) is 17.0 Å². The molecule has 1 amide bonds. The zero-order chi connectivity index (χ0) is 11.3. The summed E-state index contributed by atoms with van der Waals surface area (Å²) in [6, 6.07) is 0. The summed E-state index contributed by atoms with van der Waals surface area (Å²) < 4.78 is 0.775. The summed E-state index contributed by atoms with van der Waals surface area (Å²) in [6.45, 7) is 2.81. The van der Waals surface area contributed by atoms with Gasteiger partial charge in [0.1, 0.15) is 12.1 Å². The number of aromatic nitrogens is 2. The Kier molecular flexibility index (Phi) is 4.48. The van der Waals surface area contributed by atoms with Gasteiger partial charge in [0.25, 0.3) is 0 Å². The highest BCUT2D eigenvalue weighted by atomic mass is 79.9. The second-order valence-corrected chi connectivity index (χ2v) is 3.86. The summed E-state index contributed by atoms with van der Waals surface area (Å²) in [4.78, 5) is 21.0. The second kappa shape index (κ2) is 5.65. The van der Waals surface area contributed by atoms with Gasteiger partial charge in [-0.15, -0.1) is 0 Å². The van der Waals surface area contributed by atoms with Gasteiger partial charge in [0.15, 0.2) is 0 Å². The van der Waals surface area contributed by atoms with E-state index < -0.39 is 0 Å². The van der Waals surface area contributed by atoms with E-state index in [1.54, 1.807) is 11.1 Å². The average Bonchev–Trinajstić information content (AvgIpc) is 2.18. The Hall–Kier alpha value is -1.17. The first-order chi connectivity index (χ1) is 7.15. The lowest BCUT2D eigenvalue weighted by Gasteiger charge is -2.17. The van der Waals surface area contributed by atoms with Crippen molar-refractivity contribution in [3.8, 4) is 0 Å². The lowest BCUT2D eigenvalue weighted by Crippen LogP contribution is -2.35. The molecule has 0 spiro atoms. The van der Waals surface area contributed by atoms with Gasteiger partial charge in [-0.1, -0.05) is 0 Å². The maximum absolute atomic E-state index is 11.3. The molecular formula is C9H13BrN4O. The Balaban J connectivity index is 2.65. The highest BCUT2D eigenvalue weighted by molar-refractivity contribution is 9.10. The lowest BCUT2D eigenvalue weighted by atomic mass is 10.4. The molecule has 0 aromatic carbocycles. The van der Waals surface area contributed by atoms with Gasteiger partial charge < -0.3 is 10.2 Å². The third-order valence-corrected chi connectivity index (χ3v) is 2.32. The maximum Gasteiger partial charge on any atom is 0.239 e. The normalized spacial score (nSPS) is 9.80. The number of carbonyl (C=O) groups excluding carboxylic acids is 1. The summed E-state index contributed by atoms with van der Waals surface area (Å²) in [5.74, 6) is 0.682. The van der Waals surface area contributed by atoms with E-state index in [4.69, 9.17) is 0 Å². The Morgan fingerprint density at radius 1 is 1.67 bits per heavy atom. The Labute approximate surface area is 97.0 Å². The summed E-state index contributed by atoms with van der Waals surface area (Å²) in [5, 5.41) is 2.73. The van der Waals surface area contributed by atoms with Gasteiger partial charge in [-0.05, 0) is 22.9 Å². The SMILES string of the molecule is CCNC(=O)CN(C)c1ncncc1Br. The molecule has 0 radical (unpaired) electrons. The van der Waals surface area contributed by atoms with Gasteiger partial charge in [0, 0.05) is 19.8 Å². The fourth-order valence-electron chi connectivity index (χ4n) is 1.13. The molecule has 5 nitrogen and oxygen atoms in total. The fraction of sp³-hybridized carbons (Fsp3) is 0.444. The van der Waals surface area contributed by atoms with Crippen LogP contribution in [0.15, 0.2) is 17.0 Å². The standard InChI is InChI=1S/C9H13BrN4O/c1-3-12-8(15)5-14(2)9-7(10)4-11-6-13-9/h4,6H,3,5H2,1-2H3,(H,12,15). The van der Waals surface area contributed by atoms with Crippen LogP contribution in [0.25, 0.3) is 0 Å². The zero-order valence-corrected chi connectivity index (χ0v) is 10.3. The smallest absolute Gasteiger partial charge is 0.239 e. The molecule has 0 bridgehead atoms. The van der Waals surface area contributed by atoms with E-state index >= 15 is 0 Å². The van der Waals surface area contributed by atoms with Gasteiger partial charge >= 0.3 is 0 Å². The van der Waals surface area contributed by atoms with Crippen molar-refractivity contribution in [2.75, 3.05) is 25.0 Å². The number of amides is 1. The van der Waals surface area contributed by atoms with Crippen molar-refractivity contribution in [3.63, 3.8) is 0 Å². The number of likely N-dealkylation sites (N-methyl/N-ethyl adjacent to an activating group) is 2. The van der Waals surface area contributed by atoms with E-state index in [0.717, 1.165) is 4.47 Å². The number of hydrogen-bond donors (Lipinski definition) is 1. The minimum atomic E-state index is -0.0227. The minimum Gasteiger partial charge on any atom is -0.355 e. The van der Waals surface area contributed by atoms with Crippen LogP contribution in [0.1, 0.15) is 6.92 Å². The van der Waals surface area contributed by atoms with E-state index in [-0.39, 0.29) is 12.5 Å². The van der Waals surface area contributed by atoms with Crippen LogP contribution in [0.4, 0.5) is 5.82 Å². The van der Waals surface area contributed by atoms with E-state index in [1.165, 1.54) is 6.33 Å². The monoisotopic (exact) mass is 272 g/mol. The quantitative estimate of drug-likeness (QED) is 0.882. The topological polar surface area (TPSA) is 58.1 Å². The van der Waals surface area contributed by atoms with Gasteiger partial charge in [0.05, 0.1) is 11.0 Å². The maximum atomic E-state index is 11.3. The Morgan fingerprint density at radius 3 is 3.00 bits per heavy atom. The number of nitrogens with one attached hydrogen (secondary N) is 1. The number of halogens is 1. The van der Waals surface area contributed by atoms with E-state index in [1.807, 2.05) is 14.0 Å². The van der Waals surface area contributed by atoms with Gasteiger partial charge in [-0.3, -0.25) is 4.79 Å². The summed E-state index contributed by atoms with van der Waals surface area (Å²) in [5.41, 5.74) is 0. The molecule has 0 atom stereocenters. The molecule has 1 aromatic heterocycles. The van der Waals surface area contributed by atoms with Crippen LogP contribution in [-0.2, 0) is 4.79 Å². The summed E-state index contributed by atoms with van der Waals surface area (Å²) in [7, 11) is 1.81. The van der Waals surface area contributed by atoms with Crippen LogP contribution < -0.4 is 10.2 Å². The number of hydrogen-bond acceptors (Lipinski definition) is 4. The summed E-state index contributed by atoms with van der Waals surface area (Å²) >= 11 is 3.33. The van der Waals surface area contributed by atoms with Crippen LogP contribution in [0.3, 0.4) is 0 Å². The molecule has 1 heterocycles. The van der Waals surface area contributed by atoms with Crippen molar-refractivity contribution in [1.29, 1.82) is 0 Å². The van der Waals surface area contributed by atoms with Crippen LogP contribution in [0, 0.1) is 0 Å². The molecule has 82 valence electrons. The second-order valence-electron chi connectivity index (χ2n) is 3.00. The highest BCUT2D eigenvalue weighted by Gasteiger charge is 2.10. The van der Waals surface area contributed by atoms with Crippen molar-refractivity contribution >= 4 is 27.7 Å². The molecule has 0 saturated carbocycles. The van der Waals surface area contributed by atoms with Gasteiger partial charge in [-0.2, -0.15) is 0 Å². The summed E-state index contributed by atoms with van der Waals surface area (Å²) in [6.07, 6.45) is 3.10. The molecule has 0 aliphatic heterocycles. The van der Waals surface area contributed by atoms with E-state index in [2.05, 4.69) is 31.2 Å². The lowest BCUT2D eigenvalue weighted by molar-refractivity contribution is -0.119. The third-order valence-electron chi connectivity index (χ3n) is 1.76. The molecule has 0 fully saturated rings. The molecule has 0 aliphatic rings. The molecular weight excluding hydrogens is 260 g/mol. The van der Waals surface area contributed by atoms with Crippen molar-refractivity contribution in [2.24, 2.45) is 0 Å². The fourth-order valence-corrected chi connectivity index (χ4v) is 1.65. The van der Waals surface area contributed by atoms with Crippen LogP contribution in [-0.4, -0.2) is 36.0 Å². The first-order valence-corrected chi connectivity index (χ1v) is 5.37. The average molecular weight is 273 g/mol. The first-order valence-electron chi connectivity index (χ1n) is 4.58. The number of anilines is 1. The van der Waals surface area contributed by atoms with Crippen LogP contribution in [0.5, 0.6) is 0 Å². The number of rotatable bonds is 4. The highest BCUT2D eigenvalue weighted by Crippen LogP contribution is 2.20. The molecule has 1 N–H and O–H groups in total. The van der Waals surface area contributed by atoms with E-state index in [0.29, 0.717) is 12.4 Å². The zero-order valence-electron chi connectivity index (χ0n) is 8.70. The Morgan fingerprint density at radius 2 is 2.40 bits per heavy atom. The molecule has 1 rings (SSSR count). The largest absolute Gasteiger partial charge is 0.355 e. The molecule has 0 saturated heterocycles. The van der Waals surface area contributed by atoms with Crippen LogP contribution in [0.2, 0.25) is 0 Å². The molecule has 0 unspecified atom stereocenters. The molecule has 0 aliphatic carbocycles. The van der Waals surface area contributed by atoms with Crippen molar-refractivity contribution < 1.29 is 4.79 Å². The molecule has 6 heteroatoms. The first kappa shape index (κ1) is 11.9. The van der Waals surface area contributed by atoms with Gasteiger partial charge in [-0.25, -0.2) is 9.97 Å². The molecule has 1 aromatic rings. The minimum absolute atomic E-state index is 0.0227. The number of carbonyl (C=O) groups is 1. The van der Waals surface area contributed by atoms with Gasteiger partial charge in [0.2, 0.25) is 5.91 Å².